The fourth-order valence-electron chi connectivity index (χ4n) is 3.06. The minimum Gasteiger partial charge on any atom is -0.376 e. The van der Waals surface area contributed by atoms with Crippen molar-refractivity contribution in [2.75, 3.05) is 56.9 Å². The third-order valence-corrected chi connectivity index (χ3v) is 4.49. The van der Waals surface area contributed by atoms with Crippen LogP contribution in [0.25, 0.3) is 0 Å². The van der Waals surface area contributed by atoms with Crippen LogP contribution in [0.3, 0.4) is 0 Å². The van der Waals surface area contributed by atoms with Crippen molar-refractivity contribution in [1.29, 1.82) is 0 Å². The van der Waals surface area contributed by atoms with E-state index in [1.807, 2.05) is 0 Å². The van der Waals surface area contributed by atoms with E-state index in [0.29, 0.717) is 5.95 Å². The Kier molecular flexibility index (Phi) is 5.58. The van der Waals surface area contributed by atoms with Crippen molar-refractivity contribution in [1.82, 2.24) is 24.8 Å². The molecule has 3 N–H and O–H groups in total. The van der Waals surface area contributed by atoms with Gasteiger partial charge in [0.15, 0.2) is 0 Å². The Balaban J connectivity index is 1.54. The predicted molar refractivity (Wildman–Crippen MR) is 89.1 cm³/mol. The van der Waals surface area contributed by atoms with Gasteiger partial charge in [0.1, 0.15) is 5.82 Å². The standard InChI is InChI=1S/C15H27N7O/c1-2-21-5-7-22(8-6-21)11-13-18-14(16)20-15(19-13)17-10-12-4-3-9-23-12/h12H,2-11H2,1H3,(H3,16,17,18,19,20). The molecule has 0 spiro atoms. The molecule has 8 nitrogen and oxygen atoms in total. The van der Waals surface area contributed by atoms with Crippen LogP contribution in [0.4, 0.5) is 11.9 Å². The molecular formula is C15H27N7O. The molecule has 1 aromatic rings. The number of aromatic nitrogens is 3. The molecule has 128 valence electrons. The molecule has 2 aliphatic heterocycles. The maximum atomic E-state index is 5.83. The normalized spacial score (nSPS) is 23.3. The second-order valence-corrected chi connectivity index (χ2v) is 6.16. The SMILES string of the molecule is CCN1CCN(Cc2nc(N)nc(NCC3CCCO3)n2)CC1. The maximum Gasteiger partial charge on any atom is 0.227 e. The molecule has 1 aromatic heterocycles. The van der Waals surface area contributed by atoms with E-state index in [1.165, 1.54) is 0 Å². The van der Waals surface area contributed by atoms with E-state index in [2.05, 4.69) is 37.0 Å². The number of likely N-dealkylation sites (N-methyl/N-ethyl adjacent to an activating group) is 1. The number of nitrogens with two attached hydrogens (primary N) is 1. The Morgan fingerprint density at radius 1 is 1.17 bits per heavy atom. The highest BCUT2D eigenvalue weighted by molar-refractivity contribution is 5.31. The summed E-state index contributed by atoms with van der Waals surface area (Å²) in [6, 6.07) is 0. The van der Waals surface area contributed by atoms with Crippen LogP contribution in [0.1, 0.15) is 25.6 Å². The Bertz CT molecular complexity index is 499. The summed E-state index contributed by atoms with van der Waals surface area (Å²) in [7, 11) is 0. The van der Waals surface area contributed by atoms with Crippen LogP contribution in [0.5, 0.6) is 0 Å². The lowest BCUT2D eigenvalue weighted by molar-refractivity contribution is 0.120. The number of nitrogen functional groups attached to an aromatic ring is 1. The lowest BCUT2D eigenvalue weighted by Gasteiger charge is -2.33. The van der Waals surface area contributed by atoms with Crippen molar-refractivity contribution in [3.63, 3.8) is 0 Å². The van der Waals surface area contributed by atoms with Gasteiger partial charge < -0.3 is 20.7 Å². The monoisotopic (exact) mass is 321 g/mol. The lowest BCUT2D eigenvalue weighted by Crippen LogP contribution is -2.45. The summed E-state index contributed by atoms with van der Waals surface area (Å²) < 4.78 is 5.60. The minimum absolute atomic E-state index is 0.249. The van der Waals surface area contributed by atoms with Crippen LogP contribution in [-0.2, 0) is 11.3 Å². The molecule has 3 heterocycles. The molecule has 3 rings (SSSR count). The average Bonchev–Trinajstić information content (AvgIpc) is 3.07. The fourth-order valence-corrected chi connectivity index (χ4v) is 3.06. The zero-order valence-electron chi connectivity index (χ0n) is 13.9. The highest BCUT2D eigenvalue weighted by Gasteiger charge is 2.18. The highest BCUT2D eigenvalue weighted by atomic mass is 16.5. The van der Waals surface area contributed by atoms with Gasteiger partial charge in [0.05, 0.1) is 12.6 Å². The van der Waals surface area contributed by atoms with Gasteiger partial charge in [-0.25, -0.2) is 0 Å². The quantitative estimate of drug-likeness (QED) is 0.767. The highest BCUT2D eigenvalue weighted by Crippen LogP contribution is 2.13. The van der Waals surface area contributed by atoms with E-state index in [0.717, 1.165) is 71.1 Å². The third-order valence-electron chi connectivity index (χ3n) is 4.49. The van der Waals surface area contributed by atoms with Crippen LogP contribution in [-0.4, -0.2) is 76.7 Å². The molecule has 1 atom stereocenters. The van der Waals surface area contributed by atoms with Crippen LogP contribution >= 0.6 is 0 Å². The molecule has 0 radical (unpaired) electrons. The molecule has 0 saturated carbocycles. The molecule has 2 fully saturated rings. The molecule has 0 amide bonds. The number of hydrogen-bond donors (Lipinski definition) is 2. The van der Waals surface area contributed by atoms with Crippen molar-refractivity contribution in [3.8, 4) is 0 Å². The van der Waals surface area contributed by atoms with Gasteiger partial charge >= 0.3 is 0 Å². The van der Waals surface area contributed by atoms with Crippen molar-refractivity contribution < 1.29 is 4.74 Å². The number of piperazine rings is 1. The van der Waals surface area contributed by atoms with Gasteiger partial charge in [-0.3, -0.25) is 4.90 Å². The number of rotatable bonds is 6. The number of anilines is 2. The van der Waals surface area contributed by atoms with Gasteiger partial charge in [0.25, 0.3) is 0 Å². The molecule has 0 aromatic carbocycles. The van der Waals surface area contributed by atoms with Gasteiger partial charge in [0, 0.05) is 39.3 Å². The van der Waals surface area contributed by atoms with Crippen molar-refractivity contribution in [3.05, 3.63) is 5.82 Å². The number of hydrogen-bond acceptors (Lipinski definition) is 8. The summed E-state index contributed by atoms with van der Waals surface area (Å²) in [6.45, 7) is 9.88. The third kappa shape index (κ3) is 4.73. The largest absolute Gasteiger partial charge is 0.376 e. The molecule has 23 heavy (non-hydrogen) atoms. The van der Waals surface area contributed by atoms with Crippen molar-refractivity contribution in [2.24, 2.45) is 0 Å². The first kappa shape index (κ1) is 16.4. The summed E-state index contributed by atoms with van der Waals surface area (Å²) in [5.41, 5.74) is 5.83. The van der Waals surface area contributed by atoms with E-state index in [9.17, 15) is 0 Å². The molecule has 1 unspecified atom stereocenters. The summed E-state index contributed by atoms with van der Waals surface area (Å²) in [5.74, 6) is 1.56. The van der Waals surface area contributed by atoms with Gasteiger partial charge in [-0.05, 0) is 19.4 Å². The van der Waals surface area contributed by atoms with Gasteiger partial charge in [0.2, 0.25) is 11.9 Å². The Labute approximate surface area is 137 Å². The summed E-state index contributed by atoms with van der Waals surface area (Å²) in [4.78, 5) is 17.8. The van der Waals surface area contributed by atoms with Crippen LogP contribution in [0.2, 0.25) is 0 Å². The van der Waals surface area contributed by atoms with Gasteiger partial charge in [-0.2, -0.15) is 15.0 Å². The van der Waals surface area contributed by atoms with Crippen LogP contribution in [0, 0.1) is 0 Å². The van der Waals surface area contributed by atoms with E-state index >= 15 is 0 Å². The fraction of sp³-hybridized carbons (Fsp3) is 0.800. The summed E-state index contributed by atoms with van der Waals surface area (Å²) in [6.07, 6.45) is 2.46. The van der Waals surface area contributed by atoms with Gasteiger partial charge in [-0.15, -0.1) is 0 Å². The molecule has 2 aliphatic rings. The Hall–Kier alpha value is -1.51. The van der Waals surface area contributed by atoms with Crippen LogP contribution < -0.4 is 11.1 Å². The topological polar surface area (TPSA) is 92.4 Å². The number of nitrogens with zero attached hydrogens (tertiary/aromatic N) is 5. The second-order valence-electron chi connectivity index (χ2n) is 6.16. The zero-order valence-corrected chi connectivity index (χ0v) is 13.9. The summed E-state index contributed by atoms with van der Waals surface area (Å²) in [5, 5.41) is 3.23. The van der Waals surface area contributed by atoms with Crippen LogP contribution in [0.15, 0.2) is 0 Å². The first-order chi connectivity index (χ1) is 11.2. The molecule has 8 heteroatoms. The number of ether oxygens (including phenoxy) is 1. The van der Waals surface area contributed by atoms with E-state index in [-0.39, 0.29) is 12.1 Å². The molecular weight excluding hydrogens is 294 g/mol. The first-order valence-corrected chi connectivity index (χ1v) is 8.53. The number of nitrogens with one attached hydrogen (secondary N) is 1. The van der Waals surface area contributed by atoms with E-state index < -0.39 is 0 Å². The van der Waals surface area contributed by atoms with Crippen molar-refractivity contribution >= 4 is 11.9 Å². The Morgan fingerprint density at radius 2 is 1.96 bits per heavy atom. The molecule has 0 bridgehead atoms. The first-order valence-electron chi connectivity index (χ1n) is 8.53. The minimum atomic E-state index is 0.249. The summed E-state index contributed by atoms with van der Waals surface area (Å²) >= 11 is 0. The molecule has 0 aliphatic carbocycles. The van der Waals surface area contributed by atoms with E-state index in [1.54, 1.807) is 0 Å². The molecule has 2 saturated heterocycles. The average molecular weight is 321 g/mol. The van der Waals surface area contributed by atoms with Gasteiger partial charge in [-0.1, -0.05) is 6.92 Å². The second kappa shape index (κ2) is 7.85. The predicted octanol–water partition coefficient (Wildman–Crippen LogP) is 0.182. The van der Waals surface area contributed by atoms with Crippen molar-refractivity contribution in [2.45, 2.75) is 32.4 Å². The zero-order chi connectivity index (χ0) is 16.1. The maximum absolute atomic E-state index is 5.83. The smallest absolute Gasteiger partial charge is 0.227 e. The Morgan fingerprint density at radius 3 is 2.65 bits per heavy atom. The van der Waals surface area contributed by atoms with E-state index in [4.69, 9.17) is 10.5 Å². The lowest BCUT2D eigenvalue weighted by atomic mass is 10.2.